The van der Waals surface area contributed by atoms with Crippen LogP contribution in [0, 0.1) is 0 Å². The van der Waals surface area contributed by atoms with Gasteiger partial charge in [-0.3, -0.25) is 5.32 Å². The molecule has 0 fully saturated rings. The average molecular weight is 397 g/mol. The predicted octanol–water partition coefficient (Wildman–Crippen LogP) is 2.44. The number of hydrogen-bond acceptors (Lipinski definition) is 7. The Morgan fingerprint density at radius 2 is 1.54 bits per heavy atom. The molecule has 0 aliphatic rings. The van der Waals surface area contributed by atoms with Crippen LogP contribution in [0.25, 0.3) is 0 Å². The minimum Gasteiger partial charge on any atom is -0.480 e. The molecule has 0 saturated carbocycles. The number of carboxylic acid groups (broad SMARTS) is 1. The highest BCUT2D eigenvalue weighted by Gasteiger charge is 2.31. The van der Waals surface area contributed by atoms with Crippen LogP contribution in [0.2, 0.25) is 0 Å². The Bertz CT molecular complexity index is 705. The van der Waals surface area contributed by atoms with Gasteiger partial charge in [0.1, 0.15) is 23.1 Å². The minimum absolute atomic E-state index is 0.123. The van der Waals surface area contributed by atoms with Crippen molar-refractivity contribution in [1.82, 2.24) is 10.3 Å². The van der Waals surface area contributed by atoms with Crippen LogP contribution in [-0.4, -0.2) is 50.6 Å². The van der Waals surface area contributed by atoms with E-state index in [1.165, 1.54) is 18.3 Å². The smallest absolute Gasteiger partial charge is 0.413 e. The first-order valence-electron chi connectivity index (χ1n) is 8.54. The molecule has 0 radical (unpaired) electrons. The van der Waals surface area contributed by atoms with Crippen LogP contribution in [0.1, 0.15) is 53.2 Å². The van der Waals surface area contributed by atoms with Crippen molar-refractivity contribution in [3.63, 3.8) is 0 Å². The Balaban J connectivity index is 2.82. The van der Waals surface area contributed by atoms with Crippen LogP contribution >= 0.6 is 0 Å². The van der Waals surface area contributed by atoms with Crippen LogP contribution in [0.3, 0.4) is 0 Å². The Hall–Kier alpha value is -2.88. The van der Waals surface area contributed by atoms with Crippen LogP contribution in [-0.2, 0) is 14.3 Å². The van der Waals surface area contributed by atoms with Crippen molar-refractivity contribution in [3.05, 3.63) is 23.9 Å². The largest absolute Gasteiger partial charge is 0.480 e. The van der Waals surface area contributed by atoms with Crippen molar-refractivity contribution in [1.29, 1.82) is 0 Å². The maximum Gasteiger partial charge on any atom is 0.413 e. The van der Waals surface area contributed by atoms with Gasteiger partial charge in [0.2, 0.25) is 0 Å². The number of carboxylic acids is 1. The minimum atomic E-state index is -1.65. The van der Waals surface area contributed by atoms with Gasteiger partial charge in [-0.2, -0.15) is 0 Å². The molecule has 4 N–H and O–H groups in total. The SMILES string of the molecule is CC(C)(C)OC(=O)Nc1ccc([C@H](O)[C@H](NC(=O)OC(C)(C)C)C(=O)O)cn1. The Labute approximate surface area is 163 Å². The third kappa shape index (κ3) is 8.21. The summed E-state index contributed by atoms with van der Waals surface area (Å²) in [6.45, 7) is 10.0. The zero-order valence-corrected chi connectivity index (χ0v) is 16.8. The summed E-state index contributed by atoms with van der Waals surface area (Å²) < 4.78 is 10.1. The summed E-state index contributed by atoms with van der Waals surface area (Å²) in [5.74, 6) is -1.30. The molecule has 0 bridgehead atoms. The topological polar surface area (TPSA) is 147 Å². The molecular weight excluding hydrogens is 370 g/mol. The molecular formula is C18H27N3O7. The molecule has 1 rings (SSSR count). The summed E-state index contributed by atoms with van der Waals surface area (Å²) in [6, 6.07) is 1.09. The van der Waals surface area contributed by atoms with E-state index in [0.29, 0.717) is 0 Å². The molecule has 156 valence electrons. The molecule has 28 heavy (non-hydrogen) atoms. The van der Waals surface area contributed by atoms with Gasteiger partial charge in [-0.25, -0.2) is 19.4 Å². The highest BCUT2D eigenvalue weighted by Crippen LogP contribution is 2.19. The maximum absolute atomic E-state index is 11.8. The summed E-state index contributed by atoms with van der Waals surface area (Å²) >= 11 is 0. The quantitative estimate of drug-likeness (QED) is 0.592. The standard InChI is InChI=1S/C18H27N3O7/c1-17(2,3)27-15(25)20-11-8-7-10(9-19-11)13(22)12(14(23)24)21-16(26)28-18(4,5)6/h7-9,12-13,22H,1-6H3,(H,21,26)(H,23,24)(H,19,20,25)/t12-,13-/m0/s1. The van der Waals surface area contributed by atoms with E-state index in [9.17, 15) is 24.6 Å². The van der Waals surface area contributed by atoms with Crippen molar-refractivity contribution >= 4 is 24.0 Å². The Kier molecular flexibility index (Phi) is 7.34. The number of aliphatic carboxylic acids is 1. The fourth-order valence-electron chi connectivity index (χ4n) is 1.97. The van der Waals surface area contributed by atoms with Gasteiger partial charge in [0.15, 0.2) is 6.04 Å². The third-order valence-electron chi connectivity index (χ3n) is 3.01. The maximum atomic E-state index is 11.8. The summed E-state index contributed by atoms with van der Waals surface area (Å²) in [5.41, 5.74) is -1.38. The monoisotopic (exact) mass is 397 g/mol. The first-order valence-corrected chi connectivity index (χ1v) is 8.54. The van der Waals surface area contributed by atoms with E-state index in [2.05, 4.69) is 15.6 Å². The van der Waals surface area contributed by atoms with E-state index in [1.807, 2.05) is 0 Å². The van der Waals surface area contributed by atoms with Gasteiger partial charge in [-0.05, 0) is 47.6 Å². The second-order valence-corrected chi connectivity index (χ2v) is 8.01. The van der Waals surface area contributed by atoms with Gasteiger partial charge >= 0.3 is 18.2 Å². The second-order valence-electron chi connectivity index (χ2n) is 8.01. The normalized spacial score (nSPS) is 13.8. The van der Waals surface area contributed by atoms with E-state index in [-0.39, 0.29) is 11.4 Å². The average Bonchev–Trinajstić information content (AvgIpc) is 2.48. The number of alkyl carbamates (subject to hydrolysis) is 1. The molecule has 1 aromatic rings. The number of hydrogen-bond donors (Lipinski definition) is 4. The molecule has 0 aromatic carbocycles. The lowest BCUT2D eigenvalue weighted by Crippen LogP contribution is -2.46. The second kappa shape index (κ2) is 8.87. The third-order valence-corrected chi connectivity index (χ3v) is 3.01. The highest BCUT2D eigenvalue weighted by molar-refractivity contribution is 5.83. The molecule has 1 aromatic heterocycles. The van der Waals surface area contributed by atoms with Crippen molar-refractivity contribution in [2.24, 2.45) is 0 Å². The van der Waals surface area contributed by atoms with Gasteiger partial charge in [0.25, 0.3) is 0 Å². The number of aliphatic hydroxyl groups is 1. The first kappa shape index (κ1) is 23.2. The number of aliphatic hydroxyl groups excluding tert-OH is 1. The fourth-order valence-corrected chi connectivity index (χ4v) is 1.97. The number of carbonyl (C=O) groups is 3. The zero-order chi connectivity index (χ0) is 21.7. The lowest BCUT2D eigenvalue weighted by Gasteiger charge is -2.24. The van der Waals surface area contributed by atoms with Crippen LogP contribution in [0.5, 0.6) is 0 Å². The number of aromatic nitrogens is 1. The van der Waals surface area contributed by atoms with Crippen LogP contribution in [0.15, 0.2) is 18.3 Å². The van der Waals surface area contributed by atoms with E-state index in [1.54, 1.807) is 41.5 Å². The molecule has 0 aliphatic carbocycles. The van der Waals surface area contributed by atoms with Crippen molar-refractivity contribution in [2.75, 3.05) is 5.32 Å². The molecule has 1 heterocycles. The lowest BCUT2D eigenvalue weighted by atomic mass is 10.0. The van der Waals surface area contributed by atoms with Gasteiger partial charge in [0, 0.05) is 11.8 Å². The molecule has 10 nitrogen and oxygen atoms in total. The lowest BCUT2D eigenvalue weighted by molar-refractivity contribution is -0.142. The molecule has 0 aliphatic heterocycles. The van der Waals surface area contributed by atoms with Crippen LogP contribution < -0.4 is 10.6 Å². The summed E-state index contributed by atoms with van der Waals surface area (Å²) in [4.78, 5) is 38.9. The number of anilines is 1. The Morgan fingerprint density at radius 3 is 1.96 bits per heavy atom. The first-order chi connectivity index (χ1) is 12.7. The van der Waals surface area contributed by atoms with Crippen molar-refractivity contribution < 1.29 is 34.1 Å². The van der Waals surface area contributed by atoms with E-state index in [0.717, 1.165) is 0 Å². The summed E-state index contributed by atoms with van der Waals surface area (Å²) in [5, 5.41) is 24.2. The van der Waals surface area contributed by atoms with Crippen molar-refractivity contribution in [2.45, 2.75) is 64.9 Å². The van der Waals surface area contributed by atoms with Gasteiger partial charge in [0.05, 0.1) is 0 Å². The van der Waals surface area contributed by atoms with E-state index >= 15 is 0 Å². The molecule has 2 amide bonds. The number of nitrogens with one attached hydrogen (secondary N) is 2. The summed E-state index contributed by atoms with van der Waals surface area (Å²) in [7, 11) is 0. The van der Waals surface area contributed by atoms with Gasteiger partial charge in [-0.15, -0.1) is 0 Å². The molecule has 2 atom stereocenters. The van der Waals surface area contributed by atoms with Gasteiger partial charge < -0.3 is 25.0 Å². The molecule has 0 unspecified atom stereocenters. The number of nitrogens with zero attached hydrogens (tertiary/aromatic N) is 1. The highest BCUT2D eigenvalue weighted by atomic mass is 16.6. The number of rotatable bonds is 5. The predicted molar refractivity (Wildman–Crippen MR) is 99.8 cm³/mol. The van der Waals surface area contributed by atoms with Crippen LogP contribution in [0.4, 0.5) is 15.4 Å². The fraction of sp³-hybridized carbons (Fsp3) is 0.556. The van der Waals surface area contributed by atoms with Gasteiger partial charge in [-0.1, -0.05) is 6.07 Å². The molecule has 10 heteroatoms. The number of amides is 2. The Morgan fingerprint density at radius 1 is 1.00 bits per heavy atom. The number of carbonyl (C=O) groups excluding carboxylic acids is 2. The van der Waals surface area contributed by atoms with E-state index < -0.39 is 41.5 Å². The zero-order valence-electron chi connectivity index (χ0n) is 16.8. The number of pyridine rings is 1. The molecule has 0 spiro atoms. The van der Waals surface area contributed by atoms with Crippen molar-refractivity contribution in [3.8, 4) is 0 Å². The van der Waals surface area contributed by atoms with E-state index in [4.69, 9.17) is 9.47 Å². The summed E-state index contributed by atoms with van der Waals surface area (Å²) in [6.07, 6.45) is -2.09. The number of ether oxygens (including phenoxy) is 2. The molecule has 0 saturated heterocycles.